The smallest absolute Gasteiger partial charge is 0.193 e. The third kappa shape index (κ3) is 5.87. The molecule has 1 heterocycles. The highest BCUT2D eigenvalue weighted by Crippen LogP contribution is 2.19. The van der Waals surface area contributed by atoms with E-state index in [4.69, 9.17) is 10.2 Å². The third-order valence-corrected chi connectivity index (χ3v) is 3.54. The SMILES string of the molecule is CCc1cccc(NC(N)=NCC(c2ccco2)N(C)C)c1.I. The number of guanidine groups is 1. The summed E-state index contributed by atoms with van der Waals surface area (Å²) in [6, 6.07) is 12.1. The van der Waals surface area contributed by atoms with Crippen molar-refractivity contribution < 1.29 is 4.42 Å². The fourth-order valence-electron chi connectivity index (χ4n) is 2.23. The molecular formula is C17H25IN4O. The lowest BCUT2D eigenvalue weighted by molar-refractivity contribution is 0.265. The van der Waals surface area contributed by atoms with Crippen molar-refractivity contribution in [1.29, 1.82) is 0 Å². The molecule has 2 aromatic rings. The molecule has 1 aromatic carbocycles. The van der Waals surface area contributed by atoms with E-state index in [1.165, 1.54) is 5.56 Å². The van der Waals surface area contributed by atoms with E-state index in [-0.39, 0.29) is 30.0 Å². The second kappa shape index (κ2) is 9.57. The van der Waals surface area contributed by atoms with Crippen LogP contribution in [0, 0.1) is 0 Å². The van der Waals surface area contributed by atoms with Gasteiger partial charge in [0.1, 0.15) is 5.76 Å². The summed E-state index contributed by atoms with van der Waals surface area (Å²) in [7, 11) is 3.99. The molecule has 0 amide bonds. The average Bonchev–Trinajstić information content (AvgIpc) is 3.01. The predicted octanol–water partition coefficient (Wildman–Crippen LogP) is 3.49. The second-order valence-corrected chi connectivity index (χ2v) is 5.40. The van der Waals surface area contributed by atoms with Gasteiger partial charge in [0.25, 0.3) is 0 Å². The molecule has 0 fully saturated rings. The number of furan rings is 1. The summed E-state index contributed by atoms with van der Waals surface area (Å²) in [4.78, 5) is 6.50. The lowest BCUT2D eigenvalue weighted by atomic mass is 10.1. The van der Waals surface area contributed by atoms with Gasteiger partial charge < -0.3 is 15.5 Å². The highest BCUT2D eigenvalue weighted by Gasteiger charge is 2.16. The number of aryl methyl sites for hydroxylation is 1. The van der Waals surface area contributed by atoms with Gasteiger partial charge in [-0.15, -0.1) is 24.0 Å². The van der Waals surface area contributed by atoms with Gasteiger partial charge in [-0.05, 0) is 50.3 Å². The molecule has 126 valence electrons. The van der Waals surface area contributed by atoms with Crippen molar-refractivity contribution in [2.45, 2.75) is 19.4 Å². The Morgan fingerprint density at radius 2 is 2.09 bits per heavy atom. The van der Waals surface area contributed by atoms with Crippen molar-refractivity contribution in [3.63, 3.8) is 0 Å². The Kier molecular flexibility index (Phi) is 8.11. The Bertz CT molecular complexity index is 611. The quantitative estimate of drug-likeness (QED) is 0.420. The Morgan fingerprint density at radius 1 is 1.30 bits per heavy atom. The first-order chi connectivity index (χ1) is 10.6. The van der Waals surface area contributed by atoms with E-state index >= 15 is 0 Å². The van der Waals surface area contributed by atoms with Gasteiger partial charge in [0.15, 0.2) is 5.96 Å². The van der Waals surface area contributed by atoms with E-state index in [0.29, 0.717) is 12.5 Å². The third-order valence-electron chi connectivity index (χ3n) is 3.54. The number of likely N-dealkylation sites (N-methyl/N-ethyl adjacent to an activating group) is 1. The van der Waals surface area contributed by atoms with Crippen LogP contribution in [0.5, 0.6) is 0 Å². The molecule has 0 spiro atoms. The maximum atomic E-state index is 5.99. The number of hydrogen-bond acceptors (Lipinski definition) is 3. The van der Waals surface area contributed by atoms with Crippen molar-refractivity contribution >= 4 is 35.6 Å². The number of rotatable bonds is 6. The Morgan fingerprint density at radius 3 is 2.70 bits per heavy atom. The first kappa shape index (κ1) is 19.5. The molecule has 0 saturated carbocycles. The molecule has 0 aliphatic rings. The van der Waals surface area contributed by atoms with Crippen LogP contribution in [0.4, 0.5) is 5.69 Å². The van der Waals surface area contributed by atoms with E-state index in [2.05, 4.69) is 34.3 Å². The van der Waals surface area contributed by atoms with Crippen molar-refractivity contribution in [2.75, 3.05) is 26.0 Å². The van der Waals surface area contributed by atoms with E-state index in [0.717, 1.165) is 17.9 Å². The van der Waals surface area contributed by atoms with E-state index in [1.54, 1.807) is 6.26 Å². The second-order valence-electron chi connectivity index (χ2n) is 5.40. The van der Waals surface area contributed by atoms with E-state index < -0.39 is 0 Å². The molecule has 0 radical (unpaired) electrons. The van der Waals surface area contributed by atoms with Crippen LogP contribution in [0.15, 0.2) is 52.1 Å². The monoisotopic (exact) mass is 428 g/mol. The maximum Gasteiger partial charge on any atom is 0.193 e. The summed E-state index contributed by atoms with van der Waals surface area (Å²) < 4.78 is 5.47. The number of benzene rings is 1. The molecular weight excluding hydrogens is 403 g/mol. The van der Waals surface area contributed by atoms with Crippen LogP contribution in [0.3, 0.4) is 0 Å². The van der Waals surface area contributed by atoms with Crippen LogP contribution in [0.1, 0.15) is 24.3 Å². The molecule has 0 saturated heterocycles. The van der Waals surface area contributed by atoms with Crippen LogP contribution < -0.4 is 11.1 Å². The zero-order valence-electron chi connectivity index (χ0n) is 13.8. The number of hydrogen-bond donors (Lipinski definition) is 2. The highest BCUT2D eigenvalue weighted by atomic mass is 127. The van der Waals surface area contributed by atoms with Crippen LogP contribution in [0.25, 0.3) is 0 Å². The van der Waals surface area contributed by atoms with Gasteiger partial charge in [0.2, 0.25) is 0 Å². The van der Waals surface area contributed by atoms with Gasteiger partial charge in [-0.3, -0.25) is 9.89 Å². The number of aliphatic imine (C=N–C) groups is 1. The molecule has 0 aliphatic heterocycles. The number of halogens is 1. The molecule has 1 atom stereocenters. The molecule has 1 unspecified atom stereocenters. The number of nitrogens with one attached hydrogen (secondary N) is 1. The van der Waals surface area contributed by atoms with Gasteiger partial charge in [0, 0.05) is 5.69 Å². The molecule has 2 rings (SSSR count). The van der Waals surface area contributed by atoms with Crippen molar-refractivity contribution in [2.24, 2.45) is 10.7 Å². The van der Waals surface area contributed by atoms with E-state index in [1.807, 2.05) is 38.4 Å². The Labute approximate surface area is 155 Å². The zero-order valence-corrected chi connectivity index (χ0v) is 16.2. The fraction of sp³-hybridized carbons (Fsp3) is 0.353. The van der Waals surface area contributed by atoms with Gasteiger partial charge >= 0.3 is 0 Å². The van der Waals surface area contributed by atoms with Gasteiger partial charge in [-0.2, -0.15) is 0 Å². The van der Waals surface area contributed by atoms with Crippen LogP contribution >= 0.6 is 24.0 Å². The van der Waals surface area contributed by atoms with Crippen molar-refractivity contribution in [3.05, 3.63) is 54.0 Å². The summed E-state index contributed by atoms with van der Waals surface area (Å²) in [6.45, 7) is 2.66. The predicted molar refractivity (Wildman–Crippen MR) is 106 cm³/mol. The Hall–Kier alpha value is -1.54. The minimum Gasteiger partial charge on any atom is -0.468 e. The summed E-state index contributed by atoms with van der Waals surface area (Å²) >= 11 is 0. The zero-order chi connectivity index (χ0) is 15.9. The molecule has 3 N–H and O–H groups in total. The summed E-state index contributed by atoms with van der Waals surface area (Å²) in [5, 5.41) is 3.13. The first-order valence-electron chi connectivity index (χ1n) is 7.46. The molecule has 6 heteroatoms. The Balaban J connectivity index is 0.00000264. The minimum atomic E-state index is 0. The molecule has 1 aromatic heterocycles. The van der Waals surface area contributed by atoms with Gasteiger partial charge in [-0.1, -0.05) is 19.1 Å². The number of anilines is 1. The largest absolute Gasteiger partial charge is 0.468 e. The fourth-order valence-corrected chi connectivity index (χ4v) is 2.23. The summed E-state index contributed by atoms with van der Waals surface area (Å²) in [5.41, 5.74) is 8.21. The van der Waals surface area contributed by atoms with Crippen molar-refractivity contribution in [1.82, 2.24) is 4.90 Å². The maximum absolute atomic E-state index is 5.99. The lowest BCUT2D eigenvalue weighted by Crippen LogP contribution is -2.27. The van der Waals surface area contributed by atoms with Crippen LogP contribution in [0.2, 0.25) is 0 Å². The van der Waals surface area contributed by atoms with Crippen molar-refractivity contribution in [3.8, 4) is 0 Å². The average molecular weight is 428 g/mol. The highest BCUT2D eigenvalue weighted by molar-refractivity contribution is 14.0. The van der Waals surface area contributed by atoms with Crippen LogP contribution in [-0.4, -0.2) is 31.5 Å². The number of nitrogens with two attached hydrogens (primary N) is 1. The lowest BCUT2D eigenvalue weighted by Gasteiger charge is -2.20. The molecule has 0 bridgehead atoms. The summed E-state index contributed by atoms with van der Waals surface area (Å²) in [5.74, 6) is 1.29. The standard InChI is InChI=1S/C17H24N4O.HI/c1-4-13-7-5-8-14(11-13)20-17(18)19-12-15(21(2)3)16-9-6-10-22-16;/h5-11,15H,4,12H2,1-3H3,(H3,18,19,20);1H. The molecule has 0 aliphatic carbocycles. The minimum absolute atomic E-state index is 0. The van der Waals surface area contributed by atoms with Crippen LogP contribution in [-0.2, 0) is 6.42 Å². The molecule has 23 heavy (non-hydrogen) atoms. The number of nitrogens with zero attached hydrogens (tertiary/aromatic N) is 2. The molecule has 5 nitrogen and oxygen atoms in total. The summed E-state index contributed by atoms with van der Waals surface area (Å²) in [6.07, 6.45) is 2.67. The van der Waals surface area contributed by atoms with E-state index in [9.17, 15) is 0 Å². The first-order valence-corrected chi connectivity index (χ1v) is 7.46. The normalized spacial score (nSPS) is 12.8. The van der Waals surface area contributed by atoms with Gasteiger partial charge in [-0.25, -0.2) is 0 Å². The van der Waals surface area contributed by atoms with Gasteiger partial charge in [0.05, 0.1) is 18.8 Å². The topological polar surface area (TPSA) is 66.8 Å².